The lowest BCUT2D eigenvalue weighted by Gasteiger charge is -2.40. The summed E-state index contributed by atoms with van der Waals surface area (Å²) in [6.07, 6.45) is 2.98. The lowest BCUT2D eigenvalue weighted by molar-refractivity contribution is 0.169. The monoisotopic (exact) mass is 264 g/mol. The van der Waals surface area contributed by atoms with Crippen molar-refractivity contribution in [2.45, 2.75) is 25.3 Å². The molecule has 0 heterocycles. The van der Waals surface area contributed by atoms with E-state index in [2.05, 4.69) is 22.0 Å². The summed E-state index contributed by atoms with van der Waals surface area (Å²) in [5.74, 6) is 0. The molecule has 2 rings (SSSR count). The van der Waals surface area contributed by atoms with Gasteiger partial charge in [0.1, 0.15) is 0 Å². The first-order valence-electron chi connectivity index (χ1n) is 5.10. The van der Waals surface area contributed by atoms with Crippen LogP contribution < -0.4 is 5.73 Å². The van der Waals surface area contributed by atoms with Gasteiger partial charge in [0.15, 0.2) is 0 Å². The SMILES string of the molecule is N#CC1(C(N)c2cccc(Br)c2)CCC1. The van der Waals surface area contributed by atoms with Gasteiger partial charge in [0.2, 0.25) is 0 Å². The predicted molar refractivity (Wildman–Crippen MR) is 63.0 cm³/mol. The van der Waals surface area contributed by atoms with Crippen molar-refractivity contribution in [1.29, 1.82) is 5.26 Å². The van der Waals surface area contributed by atoms with E-state index in [9.17, 15) is 5.26 Å². The van der Waals surface area contributed by atoms with Gasteiger partial charge in [-0.3, -0.25) is 0 Å². The van der Waals surface area contributed by atoms with Crippen molar-refractivity contribution in [2.24, 2.45) is 11.1 Å². The molecule has 2 nitrogen and oxygen atoms in total. The predicted octanol–water partition coefficient (Wildman–Crippen LogP) is 3.14. The number of nitrogens with zero attached hydrogens (tertiary/aromatic N) is 1. The number of rotatable bonds is 2. The molecule has 15 heavy (non-hydrogen) atoms. The second-order valence-corrected chi connectivity index (χ2v) is 5.07. The van der Waals surface area contributed by atoms with Gasteiger partial charge >= 0.3 is 0 Å². The number of hydrogen-bond acceptors (Lipinski definition) is 2. The van der Waals surface area contributed by atoms with Crippen LogP contribution in [-0.4, -0.2) is 0 Å². The molecule has 0 aliphatic heterocycles. The molecule has 0 amide bonds. The third-order valence-electron chi connectivity index (χ3n) is 3.27. The van der Waals surface area contributed by atoms with Crippen LogP contribution in [0.1, 0.15) is 30.9 Å². The van der Waals surface area contributed by atoms with Gasteiger partial charge in [0.05, 0.1) is 11.5 Å². The fourth-order valence-electron chi connectivity index (χ4n) is 2.07. The Kier molecular flexibility index (Phi) is 2.81. The highest BCUT2D eigenvalue weighted by molar-refractivity contribution is 9.10. The van der Waals surface area contributed by atoms with Gasteiger partial charge in [-0.1, -0.05) is 34.5 Å². The number of nitrogens with two attached hydrogens (primary N) is 1. The van der Waals surface area contributed by atoms with E-state index in [4.69, 9.17) is 5.73 Å². The zero-order chi connectivity index (χ0) is 10.9. The largest absolute Gasteiger partial charge is 0.323 e. The van der Waals surface area contributed by atoms with Gasteiger partial charge in [0.25, 0.3) is 0 Å². The zero-order valence-electron chi connectivity index (χ0n) is 8.41. The standard InChI is InChI=1S/C12H13BrN2/c13-10-4-1-3-9(7-10)11(15)12(8-14)5-2-6-12/h1,3-4,7,11H,2,5-6,15H2. The molecule has 1 aromatic rings. The molecule has 1 unspecified atom stereocenters. The molecule has 1 saturated carbocycles. The molecule has 1 aliphatic carbocycles. The summed E-state index contributed by atoms with van der Waals surface area (Å²) in [5.41, 5.74) is 6.90. The van der Waals surface area contributed by atoms with Gasteiger partial charge in [-0.2, -0.15) is 5.26 Å². The van der Waals surface area contributed by atoms with Crippen LogP contribution in [-0.2, 0) is 0 Å². The van der Waals surface area contributed by atoms with Gasteiger partial charge in [-0.15, -0.1) is 0 Å². The van der Waals surface area contributed by atoms with Crippen molar-refractivity contribution < 1.29 is 0 Å². The first kappa shape index (κ1) is 10.7. The minimum Gasteiger partial charge on any atom is -0.323 e. The van der Waals surface area contributed by atoms with Gasteiger partial charge in [-0.05, 0) is 30.5 Å². The minimum absolute atomic E-state index is 0.159. The number of hydrogen-bond donors (Lipinski definition) is 1. The van der Waals surface area contributed by atoms with E-state index in [1.165, 1.54) is 0 Å². The summed E-state index contributed by atoms with van der Waals surface area (Å²) < 4.78 is 1.02. The quantitative estimate of drug-likeness (QED) is 0.892. The van der Waals surface area contributed by atoms with Crippen molar-refractivity contribution in [2.75, 3.05) is 0 Å². The Hall–Kier alpha value is -0.850. The van der Waals surface area contributed by atoms with Crippen molar-refractivity contribution in [3.63, 3.8) is 0 Å². The van der Waals surface area contributed by atoms with Crippen molar-refractivity contribution in [3.05, 3.63) is 34.3 Å². The lowest BCUT2D eigenvalue weighted by atomic mass is 9.64. The molecular formula is C12H13BrN2. The Labute approximate surface area is 98.2 Å². The van der Waals surface area contributed by atoms with Gasteiger partial charge < -0.3 is 5.73 Å². The fourth-order valence-corrected chi connectivity index (χ4v) is 2.49. The van der Waals surface area contributed by atoms with Crippen LogP contribution in [0.5, 0.6) is 0 Å². The third kappa shape index (κ3) is 1.80. The van der Waals surface area contributed by atoms with E-state index in [-0.39, 0.29) is 11.5 Å². The summed E-state index contributed by atoms with van der Waals surface area (Å²) in [6, 6.07) is 10.2. The molecule has 3 heteroatoms. The molecule has 0 spiro atoms. The summed E-state index contributed by atoms with van der Waals surface area (Å²) in [5, 5.41) is 9.20. The maximum atomic E-state index is 9.20. The van der Waals surface area contributed by atoms with Crippen LogP contribution in [0, 0.1) is 16.7 Å². The maximum absolute atomic E-state index is 9.20. The Morgan fingerprint density at radius 3 is 2.67 bits per heavy atom. The van der Waals surface area contributed by atoms with Crippen LogP contribution in [0.15, 0.2) is 28.7 Å². The van der Waals surface area contributed by atoms with Crippen molar-refractivity contribution in [1.82, 2.24) is 0 Å². The molecule has 2 N–H and O–H groups in total. The number of halogens is 1. The van der Waals surface area contributed by atoms with E-state index in [0.717, 1.165) is 29.3 Å². The molecule has 0 aromatic heterocycles. The van der Waals surface area contributed by atoms with Crippen molar-refractivity contribution >= 4 is 15.9 Å². The second-order valence-electron chi connectivity index (χ2n) is 4.15. The average molecular weight is 265 g/mol. The summed E-state index contributed by atoms with van der Waals surface area (Å²) in [4.78, 5) is 0. The summed E-state index contributed by atoms with van der Waals surface area (Å²) in [6.45, 7) is 0. The third-order valence-corrected chi connectivity index (χ3v) is 3.76. The Balaban J connectivity index is 2.28. The molecular weight excluding hydrogens is 252 g/mol. The minimum atomic E-state index is -0.319. The van der Waals surface area contributed by atoms with E-state index in [1.54, 1.807) is 0 Å². The topological polar surface area (TPSA) is 49.8 Å². The summed E-state index contributed by atoms with van der Waals surface area (Å²) >= 11 is 3.42. The average Bonchev–Trinajstić information content (AvgIpc) is 2.17. The highest BCUT2D eigenvalue weighted by atomic mass is 79.9. The van der Waals surface area contributed by atoms with Crippen LogP contribution in [0.2, 0.25) is 0 Å². The van der Waals surface area contributed by atoms with Gasteiger partial charge in [0, 0.05) is 10.5 Å². The van der Waals surface area contributed by atoms with Crippen LogP contribution in [0.3, 0.4) is 0 Å². The molecule has 1 aliphatic rings. The molecule has 1 atom stereocenters. The Morgan fingerprint density at radius 2 is 2.20 bits per heavy atom. The van der Waals surface area contributed by atoms with Gasteiger partial charge in [-0.25, -0.2) is 0 Å². The van der Waals surface area contributed by atoms with Crippen LogP contribution in [0.4, 0.5) is 0 Å². The first-order valence-corrected chi connectivity index (χ1v) is 5.89. The fraction of sp³-hybridized carbons (Fsp3) is 0.417. The lowest BCUT2D eigenvalue weighted by Crippen LogP contribution is -2.39. The molecule has 1 fully saturated rings. The summed E-state index contributed by atoms with van der Waals surface area (Å²) in [7, 11) is 0. The normalized spacial score (nSPS) is 20.1. The first-order chi connectivity index (χ1) is 7.18. The smallest absolute Gasteiger partial charge is 0.0766 e. The van der Waals surface area contributed by atoms with E-state index >= 15 is 0 Å². The van der Waals surface area contributed by atoms with Crippen molar-refractivity contribution in [3.8, 4) is 6.07 Å². The van der Waals surface area contributed by atoms with Crippen LogP contribution in [0.25, 0.3) is 0 Å². The number of nitriles is 1. The maximum Gasteiger partial charge on any atom is 0.0766 e. The highest BCUT2D eigenvalue weighted by Crippen LogP contribution is 2.48. The van der Waals surface area contributed by atoms with E-state index in [0.29, 0.717) is 0 Å². The molecule has 0 saturated heterocycles. The zero-order valence-corrected chi connectivity index (χ0v) is 10.00. The molecule has 0 bridgehead atoms. The van der Waals surface area contributed by atoms with E-state index < -0.39 is 0 Å². The number of benzene rings is 1. The second kappa shape index (κ2) is 3.96. The Morgan fingerprint density at radius 1 is 1.47 bits per heavy atom. The highest BCUT2D eigenvalue weighted by Gasteiger charge is 2.43. The Bertz CT molecular complexity index is 404. The molecule has 78 valence electrons. The molecule has 1 aromatic carbocycles. The van der Waals surface area contributed by atoms with Crippen LogP contribution >= 0.6 is 15.9 Å². The van der Waals surface area contributed by atoms with E-state index in [1.807, 2.05) is 24.3 Å². The molecule has 0 radical (unpaired) electrons.